The van der Waals surface area contributed by atoms with E-state index in [0.717, 1.165) is 61.4 Å². The summed E-state index contributed by atoms with van der Waals surface area (Å²) < 4.78 is 1.47. The molecule has 3 fully saturated rings. The van der Waals surface area contributed by atoms with Gasteiger partial charge >= 0.3 is 0 Å². The highest BCUT2D eigenvalue weighted by atomic mass is 35.5. The van der Waals surface area contributed by atoms with Gasteiger partial charge in [-0.1, -0.05) is 41.8 Å². The maximum atomic E-state index is 13.7. The normalized spacial score (nSPS) is 22.1. The Bertz CT molecular complexity index is 1760. The summed E-state index contributed by atoms with van der Waals surface area (Å²) in [5.74, 6) is 0.651. The van der Waals surface area contributed by atoms with Gasteiger partial charge in [-0.15, -0.1) is 11.8 Å². The molecular formula is C37H44ClN5O3S. The second-order valence-electron chi connectivity index (χ2n) is 13.9. The Labute approximate surface area is 285 Å². The number of imide groups is 1. The van der Waals surface area contributed by atoms with Crippen molar-refractivity contribution < 1.29 is 9.59 Å². The summed E-state index contributed by atoms with van der Waals surface area (Å²) in [6, 6.07) is 13.6. The number of benzene rings is 2. The summed E-state index contributed by atoms with van der Waals surface area (Å²) >= 11 is 7.92. The van der Waals surface area contributed by atoms with E-state index in [4.69, 9.17) is 11.6 Å². The van der Waals surface area contributed by atoms with E-state index in [9.17, 15) is 14.4 Å². The fourth-order valence-corrected chi connectivity index (χ4v) is 9.17. The van der Waals surface area contributed by atoms with Crippen LogP contribution in [0.1, 0.15) is 75.2 Å². The first kappa shape index (κ1) is 32.6. The summed E-state index contributed by atoms with van der Waals surface area (Å²) in [6.07, 6.45) is 9.47. The molecule has 3 aromatic rings. The van der Waals surface area contributed by atoms with Crippen molar-refractivity contribution in [2.75, 3.05) is 45.0 Å². The van der Waals surface area contributed by atoms with Gasteiger partial charge < -0.3 is 4.90 Å². The standard InChI is InChI=1S/C37H44ClN5O3S/c1-25-39-30-5-2-6-32(34(30)36(46)43(25)31-11-12-33(44)40-35(31)45)47-22-4-17-41-18-20-42(21-19-41)24-27-13-16-37(14-3-15-37)23-29(27)26-7-9-28(38)10-8-26/h2,5-10,31H,3-4,11-24H2,1H3,(H,40,44,45). The van der Waals surface area contributed by atoms with Crippen LogP contribution in [0.15, 0.2) is 57.7 Å². The van der Waals surface area contributed by atoms with Crippen LogP contribution in [0.3, 0.4) is 0 Å². The third-order valence-electron chi connectivity index (χ3n) is 10.9. The van der Waals surface area contributed by atoms with Crippen LogP contribution in [0.25, 0.3) is 16.5 Å². The van der Waals surface area contributed by atoms with Gasteiger partial charge in [0.25, 0.3) is 5.56 Å². The number of allylic oxidation sites excluding steroid dienone is 1. The van der Waals surface area contributed by atoms with Crippen molar-refractivity contribution in [2.45, 2.75) is 75.6 Å². The molecule has 1 saturated carbocycles. The van der Waals surface area contributed by atoms with Crippen LogP contribution in [0.4, 0.5) is 0 Å². The molecule has 2 aliphatic carbocycles. The number of nitrogens with one attached hydrogen (secondary N) is 1. The molecule has 4 aliphatic rings. The molecule has 7 rings (SSSR count). The van der Waals surface area contributed by atoms with Crippen molar-refractivity contribution in [1.29, 1.82) is 0 Å². The number of piperidine rings is 1. The summed E-state index contributed by atoms with van der Waals surface area (Å²) in [5, 5.41) is 3.73. The van der Waals surface area contributed by atoms with Gasteiger partial charge in [-0.3, -0.25) is 29.2 Å². The molecule has 10 heteroatoms. The second kappa shape index (κ2) is 13.9. The fourth-order valence-electron chi connectivity index (χ4n) is 8.04. The van der Waals surface area contributed by atoms with Crippen molar-refractivity contribution in [3.8, 4) is 0 Å². The lowest BCUT2D eigenvalue weighted by Gasteiger charge is -2.47. The van der Waals surface area contributed by atoms with Crippen molar-refractivity contribution >= 4 is 51.7 Å². The molecule has 2 aromatic carbocycles. The van der Waals surface area contributed by atoms with Gasteiger partial charge in [0, 0.05) is 49.1 Å². The average Bonchev–Trinajstić information content (AvgIpc) is 3.04. The monoisotopic (exact) mass is 673 g/mol. The van der Waals surface area contributed by atoms with Crippen LogP contribution in [0.2, 0.25) is 5.02 Å². The number of hydrogen-bond donors (Lipinski definition) is 1. The van der Waals surface area contributed by atoms with Gasteiger partial charge in [-0.2, -0.15) is 0 Å². The largest absolute Gasteiger partial charge is 0.301 e. The minimum Gasteiger partial charge on any atom is -0.301 e. The number of aryl methyl sites for hydroxylation is 1. The van der Waals surface area contributed by atoms with Gasteiger partial charge in [0.1, 0.15) is 11.9 Å². The predicted octanol–water partition coefficient (Wildman–Crippen LogP) is 6.24. The van der Waals surface area contributed by atoms with E-state index in [-0.39, 0.29) is 17.9 Å². The maximum absolute atomic E-state index is 13.7. The molecule has 1 aromatic heterocycles. The van der Waals surface area contributed by atoms with Crippen LogP contribution in [-0.2, 0) is 9.59 Å². The number of amides is 2. The van der Waals surface area contributed by atoms with E-state index in [1.807, 2.05) is 30.3 Å². The van der Waals surface area contributed by atoms with Gasteiger partial charge in [-0.25, -0.2) is 4.98 Å². The topological polar surface area (TPSA) is 87.5 Å². The second-order valence-corrected chi connectivity index (χ2v) is 15.5. The third-order valence-corrected chi connectivity index (χ3v) is 12.3. The highest BCUT2D eigenvalue weighted by Gasteiger charge is 2.41. The summed E-state index contributed by atoms with van der Waals surface area (Å²) in [4.78, 5) is 48.8. The van der Waals surface area contributed by atoms with Gasteiger partial charge in [0.2, 0.25) is 11.8 Å². The lowest BCUT2D eigenvalue weighted by molar-refractivity contribution is -0.135. The average molecular weight is 674 g/mol. The van der Waals surface area contributed by atoms with Crippen LogP contribution in [0, 0.1) is 12.3 Å². The van der Waals surface area contributed by atoms with E-state index in [1.165, 1.54) is 48.7 Å². The number of piperazine rings is 1. The molecule has 1 unspecified atom stereocenters. The number of rotatable bonds is 9. The first-order valence-electron chi connectivity index (χ1n) is 17.2. The van der Waals surface area contributed by atoms with Gasteiger partial charge in [0.15, 0.2) is 0 Å². The van der Waals surface area contributed by atoms with Gasteiger partial charge in [0.05, 0.1) is 10.9 Å². The van der Waals surface area contributed by atoms with E-state index in [2.05, 4.69) is 32.2 Å². The molecule has 47 heavy (non-hydrogen) atoms. The summed E-state index contributed by atoms with van der Waals surface area (Å²) in [5.41, 5.74) is 5.55. The maximum Gasteiger partial charge on any atom is 0.263 e. The number of thioether (sulfide) groups is 1. The van der Waals surface area contributed by atoms with E-state index >= 15 is 0 Å². The Hall–Kier alpha value is -2.98. The molecule has 2 amide bonds. The highest BCUT2D eigenvalue weighted by Crippen LogP contribution is 2.55. The number of aromatic nitrogens is 2. The Morgan fingerprint density at radius 1 is 0.979 bits per heavy atom. The van der Waals surface area contributed by atoms with Gasteiger partial charge in [-0.05, 0) is 105 Å². The molecule has 8 nitrogen and oxygen atoms in total. The minimum atomic E-state index is -0.716. The lowest BCUT2D eigenvalue weighted by atomic mass is 9.59. The lowest BCUT2D eigenvalue weighted by Crippen LogP contribution is -2.47. The Balaban J connectivity index is 0.944. The number of nitrogens with zero attached hydrogens (tertiary/aromatic N) is 4. The van der Waals surface area contributed by atoms with Crippen molar-refractivity contribution in [3.63, 3.8) is 0 Å². The van der Waals surface area contributed by atoms with E-state index in [0.29, 0.717) is 28.6 Å². The first-order valence-corrected chi connectivity index (χ1v) is 18.5. The zero-order valence-corrected chi connectivity index (χ0v) is 28.8. The highest BCUT2D eigenvalue weighted by molar-refractivity contribution is 7.99. The fraction of sp³-hybridized carbons (Fsp3) is 0.514. The third kappa shape index (κ3) is 6.95. The molecular weight excluding hydrogens is 630 g/mol. The van der Waals surface area contributed by atoms with E-state index in [1.54, 1.807) is 29.8 Å². The summed E-state index contributed by atoms with van der Waals surface area (Å²) in [7, 11) is 0. The van der Waals surface area contributed by atoms with Crippen LogP contribution >= 0.6 is 23.4 Å². The zero-order valence-electron chi connectivity index (χ0n) is 27.2. The van der Waals surface area contributed by atoms with E-state index < -0.39 is 11.9 Å². The molecule has 0 radical (unpaired) electrons. The SMILES string of the molecule is Cc1nc2cccc(SCCCN3CCN(CC4=C(c5ccc(Cl)cc5)CC5(CCC5)CC4)CC3)c2c(=O)n1C1CCC(=O)NC1=O. The quantitative estimate of drug-likeness (QED) is 0.163. The summed E-state index contributed by atoms with van der Waals surface area (Å²) in [6.45, 7) is 8.18. The van der Waals surface area contributed by atoms with Crippen molar-refractivity contribution in [1.82, 2.24) is 24.7 Å². The molecule has 2 aliphatic heterocycles. The number of fused-ring (bicyclic) bond motifs is 1. The molecule has 1 atom stereocenters. The predicted molar refractivity (Wildman–Crippen MR) is 189 cm³/mol. The molecule has 0 bridgehead atoms. The Kier molecular flexibility index (Phi) is 9.60. The zero-order chi connectivity index (χ0) is 32.5. The molecule has 248 valence electrons. The Morgan fingerprint density at radius 3 is 2.47 bits per heavy atom. The number of carbonyl (C=O) groups excluding carboxylic acids is 2. The molecule has 1 N–H and O–H groups in total. The van der Waals surface area contributed by atoms with Crippen LogP contribution < -0.4 is 10.9 Å². The number of hydrogen-bond acceptors (Lipinski definition) is 7. The first-order chi connectivity index (χ1) is 22.8. The molecule has 3 heterocycles. The minimum absolute atomic E-state index is 0.212. The molecule has 2 saturated heterocycles. The van der Waals surface area contributed by atoms with Crippen LogP contribution in [-0.4, -0.2) is 76.2 Å². The smallest absolute Gasteiger partial charge is 0.263 e. The molecule has 1 spiro atoms. The van der Waals surface area contributed by atoms with Crippen LogP contribution in [0.5, 0.6) is 0 Å². The Morgan fingerprint density at radius 2 is 1.74 bits per heavy atom. The van der Waals surface area contributed by atoms with Crippen molar-refractivity contribution in [3.05, 3.63) is 74.8 Å². The van der Waals surface area contributed by atoms with Crippen molar-refractivity contribution in [2.24, 2.45) is 5.41 Å². The number of halogens is 1. The number of carbonyl (C=O) groups is 2.